The fourth-order valence-electron chi connectivity index (χ4n) is 1.28. The van der Waals surface area contributed by atoms with Crippen LogP contribution in [0.1, 0.15) is 30.5 Å². The van der Waals surface area contributed by atoms with Gasteiger partial charge in [0.25, 0.3) is 0 Å². The van der Waals surface area contributed by atoms with Crippen molar-refractivity contribution in [3.8, 4) is 0 Å². The van der Waals surface area contributed by atoms with E-state index in [1.807, 2.05) is 6.08 Å². The normalized spacial score (nSPS) is 12.8. The minimum absolute atomic E-state index is 0.434. The van der Waals surface area contributed by atoms with Gasteiger partial charge in [-0.3, -0.25) is 5.10 Å². The molecule has 12 heavy (non-hydrogen) atoms. The lowest BCUT2D eigenvalue weighted by molar-refractivity contribution is 0.732. The van der Waals surface area contributed by atoms with Gasteiger partial charge in [-0.25, -0.2) is 0 Å². The number of hydrogen-bond donors (Lipinski definition) is 2. The molecule has 0 saturated heterocycles. The van der Waals surface area contributed by atoms with Crippen LogP contribution in [0.15, 0.2) is 18.9 Å². The van der Waals surface area contributed by atoms with Gasteiger partial charge >= 0.3 is 0 Å². The first-order chi connectivity index (χ1) is 5.79. The maximum absolute atomic E-state index is 5.54. The predicted octanol–water partition coefficient (Wildman–Crippen LogP) is 1.55. The Hall–Kier alpha value is -1.09. The van der Waals surface area contributed by atoms with Crippen LogP contribution in [0.4, 0.5) is 0 Å². The molecule has 0 aromatic carbocycles. The third kappa shape index (κ3) is 1.74. The molecule has 3 nitrogen and oxygen atoms in total. The van der Waals surface area contributed by atoms with E-state index >= 15 is 0 Å². The Morgan fingerprint density at radius 2 is 2.58 bits per heavy atom. The van der Waals surface area contributed by atoms with Gasteiger partial charge in [0.05, 0.1) is 6.20 Å². The van der Waals surface area contributed by atoms with Gasteiger partial charge in [-0.2, -0.15) is 5.10 Å². The van der Waals surface area contributed by atoms with Crippen LogP contribution in [0.3, 0.4) is 0 Å². The van der Waals surface area contributed by atoms with Crippen LogP contribution in [0.5, 0.6) is 0 Å². The monoisotopic (exact) mass is 165 g/mol. The van der Waals surface area contributed by atoms with Crippen LogP contribution < -0.4 is 5.73 Å². The Morgan fingerprint density at radius 3 is 3.17 bits per heavy atom. The fraction of sp³-hybridized carbons (Fsp3) is 0.444. The lowest BCUT2D eigenvalue weighted by Crippen LogP contribution is -2.02. The number of hydrogen-bond acceptors (Lipinski definition) is 2. The predicted molar refractivity (Wildman–Crippen MR) is 49.7 cm³/mol. The topological polar surface area (TPSA) is 54.7 Å². The summed E-state index contributed by atoms with van der Waals surface area (Å²) < 4.78 is 0. The molecule has 1 rings (SSSR count). The summed E-state index contributed by atoms with van der Waals surface area (Å²) in [6.07, 6.45) is 4.65. The van der Waals surface area contributed by atoms with Gasteiger partial charge in [-0.05, 0) is 6.42 Å². The van der Waals surface area contributed by atoms with E-state index in [4.69, 9.17) is 5.73 Å². The van der Waals surface area contributed by atoms with E-state index in [9.17, 15) is 0 Å². The molecule has 1 aromatic rings. The summed E-state index contributed by atoms with van der Waals surface area (Å²) in [5.41, 5.74) is 7.78. The van der Waals surface area contributed by atoms with Gasteiger partial charge in [0, 0.05) is 23.7 Å². The van der Waals surface area contributed by atoms with Crippen molar-refractivity contribution < 1.29 is 0 Å². The van der Waals surface area contributed by atoms with Gasteiger partial charge in [-0.1, -0.05) is 13.0 Å². The molecule has 0 amide bonds. The number of nitrogens with one attached hydrogen (secondary N) is 1. The Morgan fingerprint density at radius 1 is 1.83 bits per heavy atom. The number of allylic oxidation sites excluding steroid dienone is 1. The average molecular weight is 165 g/mol. The number of aromatic amines is 1. The Labute approximate surface area is 72.7 Å². The van der Waals surface area contributed by atoms with Crippen LogP contribution in [-0.2, 0) is 6.54 Å². The van der Waals surface area contributed by atoms with Crippen LogP contribution in [0.25, 0.3) is 0 Å². The van der Waals surface area contributed by atoms with Crippen molar-refractivity contribution in [3.05, 3.63) is 30.1 Å². The second kappa shape index (κ2) is 4.07. The highest BCUT2D eigenvalue weighted by molar-refractivity contribution is 5.20. The van der Waals surface area contributed by atoms with Crippen LogP contribution >= 0.6 is 0 Å². The van der Waals surface area contributed by atoms with Gasteiger partial charge in [0.2, 0.25) is 0 Å². The molecule has 3 heteroatoms. The van der Waals surface area contributed by atoms with E-state index < -0.39 is 0 Å². The standard InChI is InChI=1S/C9H15N3/c1-3-4-7(2)9-8(5-10)6-11-12-9/h3,6-7H,1,4-5,10H2,2H3,(H,11,12). The molecular formula is C9H15N3. The first kappa shape index (κ1) is 9.00. The summed E-state index contributed by atoms with van der Waals surface area (Å²) >= 11 is 0. The Balaban J connectivity index is 2.78. The zero-order valence-electron chi connectivity index (χ0n) is 7.38. The van der Waals surface area contributed by atoms with Crippen molar-refractivity contribution in [1.82, 2.24) is 10.2 Å². The van der Waals surface area contributed by atoms with Gasteiger partial charge in [-0.15, -0.1) is 6.58 Å². The molecule has 3 N–H and O–H groups in total. The van der Waals surface area contributed by atoms with Crippen molar-refractivity contribution in [1.29, 1.82) is 0 Å². The minimum Gasteiger partial charge on any atom is -0.326 e. The summed E-state index contributed by atoms with van der Waals surface area (Å²) in [7, 11) is 0. The summed E-state index contributed by atoms with van der Waals surface area (Å²) in [5, 5.41) is 6.92. The SMILES string of the molecule is C=CCC(C)c1[nH]ncc1CN. The zero-order valence-corrected chi connectivity index (χ0v) is 7.38. The molecule has 0 bridgehead atoms. The number of rotatable bonds is 4. The highest BCUT2D eigenvalue weighted by Gasteiger charge is 2.09. The third-order valence-corrected chi connectivity index (χ3v) is 1.98. The Bertz CT molecular complexity index is 252. The van der Waals surface area contributed by atoms with E-state index in [1.165, 1.54) is 0 Å². The molecule has 0 saturated carbocycles. The summed E-state index contributed by atoms with van der Waals surface area (Å²) in [5.74, 6) is 0.434. The van der Waals surface area contributed by atoms with Crippen LogP contribution in [0, 0.1) is 0 Å². The van der Waals surface area contributed by atoms with E-state index in [-0.39, 0.29) is 0 Å². The van der Waals surface area contributed by atoms with E-state index in [2.05, 4.69) is 23.7 Å². The second-order valence-electron chi connectivity index (χ2n) is 2.94. The van der Waals surface area contributed by atoms with E-state index in [1.54, 1.807) is 6.20 Å². The number of H-pyrrole nitrogens is 1. The first-order valence-electron chi connectivity index (χ1n) is 4.12. The molecular weight excluding hydrogens is 150 g/mol. The van der Waals surface area contributed by atoms with Crippen molar-refractivity contribution in [2.45, 2.75) is 25.8 Å². The van der Waals surface area contributed by atoms with E-state index in [0.29, 0.717) is 12.5 Å². The molecule has 0 fully saturated rings. The molecule has 1 heterocycles. The summed E-state index contributed by atoms with van der Waals surface area (Å²) in [6, 6.07) is 0. The molecule has 0 radical (unpaired) electrons. The van der Waals surface area contributed by atoms with Crippen molar-refractivity contribution >= 4 is 0 Å². The fourth-order valence-corrected chi connectivity index (χ4v) is 1.28. The summed E-state index contributed by atoms with van der Waals surface area (Å²) in [4.78, 5) is 0. The lowest BCUT2D eigenvalue weighted by Gasteiger charge is -2.07. The maximum Gasteiger partial charge on any atom is 0.0535 e. The zero-order chi connectivity index (χ0) is 8.97. The number of nitrogens with zero attached hydrogens (tertiary/aromatic N) is 1. The maximum atomic E-state index is 5.54. The third-order valence-electron chi connectivity index (χ3n) is 1.98. The van der Waals surface area contributed by atoms with Crippen LogP contribution in [-0.4, -0.2) is 10.2 Å². The minimum atomic E-state index is 0.434. The number of nitrogens with two attached hydrogens (primary N) is 1. The van der Waals surface area contributed by atoms with Gasteiger partial charge in [0.15, 0.2) is 0 Å². The summed E-state index contributed by atoms with van der Waals surface area (Å²) in [6.45, 7) is 6.38. The Kier molecular flexibility index (Phi) is 3.05. The van der Waals surface area contributed by atoms with Crippen molar-refractivity contribution in [2.24, 2.45) is 5.73 Å². The first-order valence-corrected chi connectivity index (χ1v) is 4.12. The molecule has 1 atom stereocenters. The molecule has 1 unspecified atom stereocenters. The molecule has 0 spiro atoms. The molecule has 0 aliphatic rings. The second-order valence-corrected chi connectivity index (χ2v) is 2.94. The molecule has 0 aliphatic carbocycles. The van der Waals surface area contributed by atoms with Crippen molar-refractivity contribution in [2.75, 3.05) is 0 Å². The van der Waals surface area contributed by atoms with E-state index in [0.717, 1.165) is 17.7 Å². The highest BCUT2D eigenvalue weighted by atomic mass is 15.1. The largest absolute Gasteiger partial charge is 0.326 e. The highest BCUT2D eigenvalue weighted by Crippen LogP contribution is 2.19. The number of aromatic nitrogens is 2. The average Bonchev–Trinajstić information content (AvgIpc) is 2.51. The van der Waals surface area contributed by atoms with Gasteiger partial charge < -0.3 is 5.73 Å². The molecule has 1 aromatic heterocycles. The molecule has 66 valence electrons. The van der Waals surface area contributed by atoms with Gasteiger partial charge in [0.1, 0.15) is 0 Å². The van der Waals surface area contributed by atoms with Crippen LogP contribution in [0.2, 0.25) is 0 Å². The quantitative estimate of drug-likeness (QED) is 0.665. The van der Waals surface area contributed by atoms with Crippen molar-refractivity contribution in [3.63, 3.8) is 0 Å². The lowest BCUT2D eigenvalue weighted by atomic mass is 10.0. The molecule has 0 aliphatic heterocycles. The smallest absolute Gasteiger partial charge is 0.0535 e.